The molecule has 2 nitrogen and oxygen atoms in total. The first-order chi connectivity index (χ1) is 8.66. The number of aryl methyl sites for hydroxylation is 1. The molecule has 1 saturated carbocycles. The monoisotopic (exact) mass is 309 g/mol. The third kappa shape index (κ3) is 3.58. The lowest BCUT2D eigenvalue weighted by Gasteiger charge is -2.15. The van der Waals surface area contributed by atoms with Crippen molar-refractivity contribution in [2.45, 2.75) is 45.4 Å². The normalized spacial score (nSPS) is 17.2. The van der Waals surface area contributed by atoms with Crippen LogP contribution in [0.1, 0.15) is 44.1 Å². The molecule has 0 unspecified atom stereocenters. The first-order valence-corrected chi connectivity index (χ1v) is 7.53. The van der Waals surface area contributed by atoms with Crippen molar-refractivity contribution < 1.29 is 4.79 Å². The molecule has 3 heteroatoms. The Balaban J connectivity index is 2.01. The van der Waals surface area contributed by atoms with Crippen LogP contribution in [0.15, 0.2) is 22.7 Å². The van der Waals surface area contributed by atoms with Crippen LogP contribution in [0, 0.1) is 12.8 Å². The molecule has 98 valence electrons. The second-order valence-corrected chi connectivity index (χ2v) is 6.05. The molecule has 0 aliphatic heterocycles. The predicted octanol–water partition coefficient (Wildman–Crippen LogP) is 4.67. The summed E-state index contributed by atoms with van der Waals surface area (Å²) < 4.78 is 1.05. The van der Waals surface area contributed by atoms with E-state index in [2.05, 4.69) is 21.2 Å². The number of amides is 1. The van der Waals surface area contributed by atoms with Gasteiger partial charge in [-0.05, 0) is 43.5 Å². The largest absolute Gasteiger partial charge is 0.326 e. The highest BCUT2D eigenvalue weighted by Crippen LogP contribution is 2.25. The van der Waals surface area contributed by atoms with Crippen molar-refractivity contribution in [3.05, 3.63) is 28.2 Å². The zero-order valence-electron chi connectivity index (χ0n) is 10.8. The lowest BCUT2D eigenvalue weighted by molar-refractivity contribution is -0.120. The standard InChI is InChI=1S/C15H20BrNO/c1-11-10-13(16)8-9-14(11)17-15(18)12-6-4-2-3-5-7-12/h8-10,12H,2-7H2,1H3,(H,17,18). The third-order valence-corrected chi connectivity index (χ3v) is 4.17. The molecule has 0 atom stereocenters. The molecule has 0 spiro atoms. The summed E-state index contributed by atoms with van der Waals surface area (Å²) in [5.41, 5.74) is 2.04. The van der Waals surface area contributed by atoms with Crippen LogP contribution < -0.4 is 5.32 Å². The Bertz CT molecular complexity index is 423. The summed E-state index contributed by atoms with van der Waals surface area (Å²) in [6.07, 6.45) is 7.03. The number of carbonyl (C=O) groups is 1. The van der Waals surface area contributed by atoms with Crippen molar-refractivity contribution >= 4 is 27.5 Å². The molecule has 1 aromatic rings. The van der Waals surface area contributed by atoms with E-state index in [9.17, 15) is 4.79 Å². The van der Waals surface area contributed by atoms with Gasteiger partial charge in [0, 0.05) is 16.1 Å². The van der Waals surface area contributed by atoms with Crippen LogP contribution in [0.25, 0.3) is 0 Å². The van der Waals surface area contributed by atoms with Crippen molar-refractivity contribution in [1.82, 2.24) is 0 Å². The highest BCUT2D eigenvalue weighted by Gasteiger charge is 2.20. The zero-order valence-corrected chi connectivity index (χ0v) is 12.4. The minimum Gasteiger partial charge on any atom is -0.326 e. The van der Waals surface area contributed by atoms with E-state index in [1.165, 1.54) is 25.7 Å². The minimum atomic E-state index is 0.197. The van der Waals surface area contributed by atoms with Crippen LogP contribution in [-0.4, -0.2) is 5.91 Å². The molecular weight excluding hydrogens is 290 g/mol. The molecule has 1 amide bonds. The van der Waals surface area contributed by atoms with E-state index in [1.807, 2.05) is 25.1 Å². The Kier molecular flexibility index (Phi) is 4.81. The SMILES string of the molecule is Cc1cc(Br)ccc1NC(=O)C1CCCCCC1. The summed E-state index contributed by atoms with van der Waals surface area (Å²) in [5, 5.41) is 3.08. The van der Waals surface area contributed by atoms with Crippen molar-refractivity contribution in [3.63, 3.8) is 0 Å². The number of anilines is 1. The first-order valence-electron chi connectivity index (χ1n) is 6.74. The summed E-state index contributed by atoms with van der Waals surface area (Å²) >= 11 is 3.44. The van der Waals surface area contributed by atoms with Gasteiger partial charge in [0.05, 0.1) is 0 Å². The van der Waals surface area contributed by atoms with Gasteiger partial charge in [0.15, 0.2) is 0 Å². The second kappa shape index (κ2) is 6.37. The van der Waals surface area contributed by atoms with E-state index in [0.29, 0.717) is 0 Å². The van der Waals surface area contributed by atoms with Gasteiger partial charge in [-0.15, -0.1) is 0 Å². The van der Waals surface area contributed by atoms with Gasteiger partial charge in [-0.25, -0.2) is 0 Å². The van der Waals surface area contributed by atoms with E-state index >= 15 is 0 Å². The quantitative estimate of drug-likeness (QED) is 0.790. The molecule has 0 saturated heterocycles. The Labute approximate surface area is 117 Å². The average Bonchev–Trinajstić information content (AvgIpc) is 2.61. The lowest BCUT2D eigenvalue weighted by atomic mass is 9.99. The van der Waals surface area contributed by atoms with E-state index < -0.39 is 0 Å². The smallest absolute Gasteiger partial charge is 0.227 e. The molecule has 0 aromatic heterocycles. The number of nitrogens with one attached hydrogen (secondary N) is 1. The fraction of sp³-hybridized carbons (Fsp3) is 0.533. The molecule has 1 N–H and O–H groups in total. The van der Waals surface area contributed by atoms with Crippen LogP contribution in [0.5, 0.6) is 0 Å². The second-order valence-electron chi connectivity index (χ2n) is 5.14. The highest BCUT2D eigenvalue weighted by atomic mass is 79.9. The number of rotatable bonds is 2. The van der Waals surface area contributed by atoms with Crippen LogP contribution in [0.3, 0.4) is 0 Å². The summed E-state index contributed by atoms with van der Waals surface area (Å²) in [6, 6.07) is 5.96. The third-order valence-electron chi connectivity index (χ3n) is 3.67. The molecule has 0 heterocycles. The number of hydrogen-bond acceptors (Lipinski definition) is 1. The topological polar surface area (TPSA) is 29.1 Å². The number of carbonyl (C=O) groups excluding carboxylic acids is 1. The van der Waals surface area contributed by atoms with Crippen LogP contribution in [0.4, 0.5) is 5.69 Å². The zero-order chi connectivity index (χ0) is 13.0. The van der Waals surface area contributed by atoms with Crippen molar-refractivity contribution in [3.8, 4) is 0 Å². The van der Waals surface area contributed by atoms with Crippen molar-refractivity contribution in [2.75, 3.05) is 5.32 Å². The summed E-state index contributed by atoms with van der Waals surface area (Å²) in [4.78, 5) is 12.2. The van der Waals surface area contributed by atoms with Gasteiger partial charge in [-0.3, -0.25) is 4.79 Å². The van der Waals surface area contributed by atoms with E-state index in [0.717, 1.165) is 28.6 Å². The molecule has 2 rings (SSSR count). The maximum absolute atomic E-state index is 12.2. The van der Waals surface area contributed by atoms with Crippen molar-refractivity contribution in [1.29, 1.82) is 0 Å². The number of halogens is 1. The molecule has 0 bridgehead atoms. The molecule has 18 heavy (non-hydrogen) atoms. The van der Waals surface area contributed by atoms with E-state index in [-0.39, 0.29) is 11.8 Å². The van der Waals surface area contributed by atoms with Gasteiger partial charge in [0.1, 0.15) is 0 Å². The fourth-order valence-corrected chi connectivity index (χ4v) is 3.02. The Morgan fingerprint density at radius 1 is 1.22 bits per heavy atom. The van der Waals surface area contributed by atoms with Crippen LogP contribution in [-0.2, 0) is 4.79 Å². The predicted molar refractivity (Wildman–Crippen MR) is 78.7 cm³/mol. The van der Waals surface area contributed by atoms with Gasteiger partial charge < -0.3 is 5.32 Å². The maximum Gasteiger partial charge on any atom is 0.227 e. The Morgan fingerprint density at radius 2 is 1.89 bits per heavy atom. The van der Waals surface area contributed by atoms with Crippen molar-refractivity contribution in [2.24, 2.45) is 5.92 Å². The number of hydrogen-bond donors (Lipinski definition) is 1. The molecule has 1 aliphatic carbocycles. The molecule has 1 fully saturated rings. The molecular formula is C15H20BrNO. The van der Waals surface area contributed by atoms with Gasteiger partial charge in [-0.2, -0.15) is 0 Å². The van der Waals surface area contributed by atoms with Gasteiger partial charge in [0.25, 0.3) is 0 Å². The van der Waals surface area contributed by atoms with Gasteiger partial charge in [0.2, 0.25) is 5.91 Å². The minimum absolute atomic E-state index is 0.197. The van der Waals surface area contributed by atoms with Gasteiger partial charge >= 0.3 is 0 Å². The van der Waals surface area contributed by atoms with Crippen LogP contribution >= 0.6 is 15.9 Å². The first kappa shape index (κ1) is 13.6. The lowest BCUT2D eigenvalue weighted by Crippen LogP contribution is -2.22. The van der Waals surface area contributed by atoms with E-state index in [4.69, 9.17) is 0 Å². The molecule has 0 radical (unpaired) electrons. The summed E-state index contributed by atoms with van der Waals surface area (Å²) in [7, 11) is 0. The average molecular weight is 310 g/mol. The summed E-state index contributed by atoms with van der Waals surface area (Å²) in [5.74, 6) is 0.401. The fourth-order valence-electron chi connectivity index (χ4n) is 2.54. The molecule has 1 aliphatic rings. The number of benzene rings is 1. The van der Waals surface area contributed by atoms with Crippen LogP contribution in [0.2, 0.25) is 0 Å². The highest BCUT2D eigenvalue weighted by molar-refractivity contribution is 9.10. The summed E-state index contributed by atoms with van der Waals surface area (Å²) in [6.45, 7) is 2.02. The van der Waals surface area contributed by atoms with Gasteiger partial charge in [-0.1, -0.05) is 41.6 Å². The Morgan fingerprint density at radius 3 is 2.50 bits per heavy atom. The molecule has 1 aromatic carbocycles. The Hall–Kier alpha value is -0.830. The van der Waals surface area contributed by atoms with E-state index in [1.54, 1.807) is 0 Å². The maximum atomic E-state index is 12.2.